The highest BCUT2D eigenvalue weighted by Gasteiger charge is 2.33. The number of halogens is 1. The normalized spacial score (nSPS) is 18.2. The van der Waals surface area contributed by atoms with E-state index in [2.05, 4.69) is 46.1 Å². The van der Waals surface area contributed by atoms with Crippen molar-refractivity contribution in [1.29, 1.82) is 0 Å². The van der Waals surface area contributed by atoms with Crippen LogP contribution in [0.5, 0.6) is 11.5 Å². The van der Waals surface area contributed by atoms with Gasteiger partial charge in [-0.25, -0.2) is 14.5 Å². The molecule has 6 rings (SSSR count). The molecular weight excluding hydrogens is 498 g/mol. The zero-order valence-electron chi connectivity index (χ0n) is 20.8. The first-order chi connectivity index (χ1) is 17.7. The summed E-state index contributed by atoms with van der Waals surface area (Å²) in [5.41, 5.74) is 2.48. The number of nitrogens with zero attached hydrogens (tertiary/aromatic N) is 8. The Kier molecular flexibility index (Phi) is 5.55. The number of aryl methyl sites for hydroxylation is 1. The Hall–Kier alpha value is -3.74. The number of imidazole rings is 2. The van der Waals surface area contributed by atoms with Gasteiger partial charge in [0.1, 0.15) is 22.7 Å². The number of aliphatic hydroxyl groups is 1. The molecule has 12 nitrogen and oxygen atoms in total. The monoisotopic (exact) mass is 523 g/mol. The number of fused-ring (bicyclic) bond motifs is 2. The molecule has 2 atom stereocenters. The van der Waals surface area contributed by atoms with Crippen LogP contribution in [0.4, 0.5) is 11.8 Å². The lowest BCUT2D eigenvalue weighted by molar-refractivity contribution is 0.117. The van der Waals surface area contributed by atoms with Gasteiger partial charge >= 0.3 is 0 Å². The number of ether oxygens (including phenoxy) is 2. The number of pyridine rings is 1. The molecule has 5 aromatic heterocycles. The molecule has 6 heterocycles. The van der Waals surface area contributed by atoms with Crippen molar-refractivity contribution in [2.45, 2.75) is 38.3 Å². The van der Waals surface area contributed by atoms with E-state index in [-0.39, 0.29) is 11.5 Å². The minimum atomic E-state index is -0.615. The molecule has 13 heteroatoms. The first-order valence-corrected chi connectivity index (χ1v) is 12.2. The second kappa shape index (κ2) is 8.68. The van der Waals surface area contributed by atoms with Gasteiger partial charge in [-0.3, -0.25) is 4.68 Å². The summed E-state index contributed by atoms with van der Waals surface area (Å²) in [6, 6.07) is 3.48. The number of nitrogens with one attached hydrogen (secondary N) is 1. The van der Waals surface area contributed by atoms with Gasteiger partial charge in [0.15, 0.2) is 28.6 Å². The molecule has 2 N–H and O–H groups in total. The number of rotatable bonds is 5. The van der Waals surface area contributed by atoms with Gasteiger partial charge in [-0.15, -0.1) is 0 Å². The molecule has 0 spiro atoms. The zero-order valence-corrected chi connectivity index (χ0v) is 21.5. The van der Waals surface area contributed by atoms with Gasteiger partial charge in [-0.2, -0.15) is 15.2 Å². The van der Waals surface area contributed by atoms with E-state index in [1.54, 1.807) is 33.7 Å². The molecule has 0 saturated carbocycles. The fourth-order valence-corrected chi connectivity index (χ4v) is 4.72. The van der Waals surface area contributed by atoms with Crippen LogP contribution in [0.15, 0.2) is 36.9 Å². The van der Waals surface area contributed by atoms with Crippen LogP contribution in [0.25, 0.3) is 16.8 Å². The highest BCUT2D eigenvalue weighted by atomic mass is 35.5. The first kappa shape index (κ1) is 23.6. The van der Waals surface area contributed by atoms with Crippen molar-refractivity contribution >= 4 is 40.2 Å². The minimum absolute atomic E-state index is 0.201. The van der Waals surface area contributed by atoms with E-state index in [9.17, 15) is 5.11 Å². The van der Waals surface area contributed by atoms with Crippen molar-refractivity contribution in [3.8, 4) is 11.5 Å². The Labute approximate surface area is 216 Å². The Morgan fingerprint density at radius 3 is 2.78 bits per heavy atom. The zero-order chi connectivity index (χ0) is 25.9. The van der Waals surface area contributed by atoms with E-state index in [4.69, 9.17) is 26.2 Å². The van der Waals surface area contributed by atoms with Crippen LogP contribution >= 0.6 is 11.6 Å². The van der Waals surface area contributed by atoms with Gasteiger partial charge in [0, 0.05) is 42.7 Å². The fraction of sp³-hybridized carbons (Fsp3) is 0.375. The minimum Gasteiger partial charge on any atom is -0.452 e. The SMILES string of the molecule is Cn1c(Nc2cc(C(C)(C)C)n([C@H]3COC[C@@H]3O)n2)nc2ncc(Oc3cnn4ccnc4c3)c(Cl)c21. The van der Waals surface area contributed by atoms with Gasteiger partial charge in [0.2, 0.25) is 5.95 Å². The molecule has 0 bridgehead atoms. The summed E-state index contributed by atoms with van der Waals surface area (Å²) in [5, 5.41) is 23.1. The van der Waals surface area contributed by atoms with Crippen molar-refractivity contribution in [3.05, 3.63) is 47.6 Å². The number of aromatic nitrogens is 8. The topological polar surface area (TPSA) is 129 Å². The summed E-state index contributed by atoms with van der Waals surface area (Å²) in [4.78, 5) is 13.3. The first-order valence-electron chi connectivity index (χ1n) is 11.8. The molecule has 0 amide bonds. The smallest absolute Gasteiger partial charge is 0.210 e. The molecule has 1 fully saturated rings. The predicted molar refractivity (Wildman–Crippen MR) is 137 cm³/mol. The maximum absolute atomic E-state index is 10.4. The quantitative estimate of drug-likeness (QED) is 0.354. The summed E-state index contributed by atoms with van der Waals surface area (Å²) in [7, 11) is 1.84. The van der Waals surface area contributed by atoms with Crippen LogP contribution in [0, 0.1) is 0 Å². The van der Waals surface area contributed by atoms with Crippen LogP contribution in [0.2, 0.25) is 5.02 Å². The van der Waals surface area contributed by atoms with Crippen molar-refractivity contribution in [3.63, 3.8) is 0 Å². The molecule has 1 aliphatic rings. The van der Waals surface area contributed by atoms with Gasteiger partial charge in [-0.05, 0) is 0 Å². The number of aliphatic hydroxyl groups excluding tert-OH is 1. The van der Waals surface area contributed by atoms with E-state index in [0.717, 1.165) is 5.69 Å². The van der Waals surface area contributed by atoms with E-state index in [1.807, 2.05) is 17.8 Å². The lowest BCUT2D eigenvalue weighted by Gasteiger charge is -2.24. The molecule has 0 radical (unpaired) electrons. The molecule has 5 aromatic rings. The summed E-state index contributed by atoms with van der Waals surface area (Å²) < 4.78 is 16.7. The fourth-order valence-electron chi connectivity index (χ4n) is 4.42. The molecule has 0 aliphatic carbocycles. The van der Waals surface area contributed by atoms with E-state index < -0.39 is 6.10 Å². The van der Waals surface area contributed by atoms with Gasteiger partial charge < -0.3 is 24.5 Å². The Morgan fingerprint density at radius 2 is 2.03 bits per heavy atom. The molecular formula is C24H26ClN9O3. The van der Waals surface area contributed by atoms with Crippen molar-refractivity contribution < 1.29 is 14.6 Å². The third kappa shape index (κ3) is 4.16. The summed E-state index contributed by atoms with van der Waals surface area (Å²) in [6.45, 7) is 7.01. The van der Waals surface area contributed by atoms with Crippen LogP contribution < -0.4 is 10.1 Å². The molecule has 37 heavy (non-hydrogen) atoms. The molecule has 1 saturated heterocycles. The second-order valence-electron chi connectivity index (χ2n) is 10.0. The number of anilines is 2. The Balaban J connectivity index is 1.33. The van der Waals surface area contributed by atoms with Crippen LogP contribution in [-0.4, -0.2) is 63.3 Å². The molecule has 0 aromatic carbocycles. The predicted octanol–water partition coefficient (Wildman–Crippen LogP) is 3.63. The maximum atomic E-state index is 10.4. The third-order valence-electron chi connectivity index (χ3n) is 6.34. The Morgan fingerprint density at radius 1 is 1.19 bits per heavy atom. The number of hydrogen-bond acceptors (Lipinski definition) is 9. The van der Waals surface area contributed by atoms with Gasteiger partial charge in [-0.1, -0.05) is 32.4 Å². The van der Waals surface area contributed by atoms with Gasteiger partial charge in [0.25, 0.3) is 0 Å². The standard InChI is InChI=1S/C24H26ClN9O3/c1-24(2,3)17-8-18(31-34(17)14-11-36-12-15(14)35)29-23-30-22-21(32(23)4)20(25)16(10-27-22)37-13-7-19-26-5-6-33(19)28-9-13/h5-10,14-15,35H,11-12H2,1-4H3,(H,27,29,30,31)/t14-,15-/m0/s1. The van der Waals surface area contributed by atoms with Gasteiger partial charge in [0.05, 0.1) is 25.6 Å². The van der Waals surface area contributed by atoms with E-state index >= 15 is 0 Å². The van der Waals surface area contributed by atoms with E-state index in [0.29, 0.717) is 58.3 Å². The highest BCUT2D eigenvalue weighted by Crippen LogP contribution is 2.36. The highest BCUT2D eigenvalue weighted by molar-refractivity contribution is 6.36. The molecule has 192 valence electrons. The molecule has 1 aliphatic heterocycles. The Bertz CT molecular complexity index is 1620. The molecule has 0 unspecified atom stereocenters. The number of hydrogen-bond donors (Lipinski definition) is 2. The maximum Gasteiger partial charge on any atom is 0.210 e. The van der Waals surface area contributed by atoms with Crippen molar-refractivity contribution in [2.24, 2.45) is 7.05 Å². The lowest BCUT2D eigenvalue weighted by Crippen LogP contribution is -2.28. The lowest BCUT2D eigenvalue weighted by atomic mass is 9.91. The second-order valence-corrected chi connectivity index (χ2v) is 10.4. The van der Waals surface area contributed by atoms with Crippen LogP contribution in [-0.2, 0) is 17.2 Å². The third-order valence-corrected chi connectivity index (χ3v) is 6.71. The summed E-state index contributed by atoms with van der Waals surface area (Å²) in [6.07, 6.45) is 5.91. The summed E-state index contributed by atoms with van der Waals surface area (Å²) >= 11 is 6.75. The average molecular weight is 524 g/mol. The summed E-state index contributed by atoms with van der Waals surface area (Å²) in [5.74, 6) is 1.96. The van der Waals surface area contributed by atoms with Crippen LogP contribution in [0.3, 0.4) is 0 Å². The van der Waals surface area contributed by atoms with Crippen LogP contribution in [0.1, 0.15) is 32.5 Å². The average Bonchev–Trinajstić information content (AvgIpc) is 3.62. The van der Waals surface area contributed by atoms with Crippen molar-refractivity contribution in [1.82, 2.24) is 38.9 Å². The largest absolute Gasteiger partial charge is 0.452 e. The van der Waals surface area contributed by atoms with Crippen molar-refractivity contribution in [2.75, 3.05) is 18.5 Å². The van der Waals surface area contributed by atoms with E-state index in [1.165, 1.54) is 6.20 Å².